The van der Waals surface area contributed by atoms with Crippen LogP contribution in [0.5, 0.6) is 5.75 Å². The first kappa shape index (κ1) is 27.1. The summed E-state index contributed by atoms with van der Waals surface area (Å²) in [6, 6.07) is 14.7. The number of methoxy groups -OCH3 is 1. The second-order valence-electron chi connectivity index (χ2n) is 11.4. The summed E-state index contributed by atoms with van der Waals surface area (Å²) in [6.07, 6.45) is 3.64. The van der Waals surface area contributed by atoms with E-state index >= 15 is 0 Å². The Balaban J connectivity index is 1.17. The van der Waals surface area contributed by atoms with Gasteiger partial charge in [0.05, 0.1) is 35.8 Å². The maximum absolute atomic E-state index is 13.2. The van der Waals surface area contributed by atoms with Crippen LogP contribution in [0.2, 0.25) is 0 Å². The lowest BCUT2D eigenvalue weighted by molar-refractivity contribution is -0.160. The molecule has 10 nitrogen and oxygen atoms in total. The van der Waals surface area contributed by atoms with Crippen molar-refractivity contribution in [3.05, 3.63) is 82.2 Å². The lowest BCUT2D eigenvalue weighted by atomic mass is 10.0. The lowest BCUT2D eigenvalue weighted by Crippen LogP contribution is -2.38. The van der Waals surface area contributed by atoms with Crippen molar-refractivity contribution in [3.63, 3.8) is 0 Å². The number of nitrogens with zero attached hydrogens (tertiary/aromatic N) is 4. The van der Waals surface area contributed by atoms with Gasteiger partial charge in [0.15, 0.2) is 5.79 Å². The Morgan fingerprint density at radius 2 is 1.71 bits per heavy atom. The van der Waals surface area contributed by atoms with E-state index in [1.807, 2.05) is 44.3 Å². The molecule has 2 fully saturated rings. The van der Waals surface area contributed by atoms with Gasteiger partial charge in [-0.2, -0.15) is 0 Å². The number of hydrogen-bond donors (Lipinski definition) is 1. The van der Waals surface area contributed by atoms with Gasteiger partial charge in [-0.15, -0.1) is 0 Å². The van der Waals surface area contributed by atoms with Crippen molar-refractivity contribution in [1.29, 1.82) is 0 Å². The average molecular weight is 633 g/mol. The number of hydrogen-bond acceptors (Lipinski definition) is 8. The van der Waals surface area contributed by atoms with Gasteiger partial charge in [0, 0.05) is 29.7 Å². The predicted octanol–water partition coefficient (Wildman–Crippen LogP) is 5.19. The zero-order chi connectivity index (χ0) is 29.2. The Bertz CT molecular complexity index is 1670. The van der Waals surface area contributed by atoms with Gasteiger partial charge in [-0.05, 0) is 66.0 Å². The number of amides is 2. The van der Waals surface area contributed by atoms with E-state index in [0.717, 1.165) is 26.8 Å². The molecule has 1 saturated carbocycles. The third-order valence-electron chi connectivity index (χ3n) is 8.39. The fourth-order valence-corrected chi connectivity index (χ4v) is 7.09. The van der Waals surface area contributed by atoms with Crippen LogP contribution in [0.15, 0.2) is 65.5 Å². The average Bonchev–Trinajstić information content (AvgIpc) is 3.67. The van der Waals surface area contributed by atoms with E-state index < -0.39 is 5.79 Å². The van der Waals surface area contributed by atoms with Crippen molar-refractivity contribution < 1.29 is 23.8 Å². The summed E-state index contributed by atoms with van der Waals surface area (Å²) in [4.78, 5) is 36.9. The first-order valence-corrected chi connectivity index (χ1v) is 14.7. The van der Waals surface area contributed by atoms with Gasteiger partial charge < -0.3 is 24.1 Å². The topological polar surface area (TPSA) is 108 Å². The van der Waals surface area contributed by atoms with Crippen LogP contribution in [0.3, 0.4) is 0 Å². The summed E-state index contributed by atoms with van der Waals surface area (Å²) < 4.78 is 21.1. The Morgan fingerprint density at radius 1 is 1.02 bits per heavy atom. The van der Waals surface area contributed by atoms with Crippen LogP contribution in [-0.2, 0) is 16.0 Å². The molecule has 0 radical (unpaired) electrons. The number of ether oxygens (including phenoxy) is 3. The minimum atomic E-state index is -0.797. The van der Waals surface area contributed by atoms with Crippen molar-refractivity contribution in [2.45, 2.75) is 50.8 Å². The van der Waals surface area contributed by atoms with E-state index in [1.165, 1.54) is 4.90 Å². The highest BCUT2D eigenvalue weighted by Gasteiger charge is 2.56. The quantitative estimate of drug-likeness (QED) is 0.278. The number of rotatable bonds is 7. The number of carbonyl (C=O) groups is 2. The van der Waals surface area contributed by atoms with Gasteiger partial charge in [-0.3, -0.25) is 14.5 Å². The molecule has 0 unspecified atom stereocenters. The summed E-state index contributed by atoms with van der Waals surface area (Å²) in [7, 11) is 1.65. The number of anilines is 1. The number of nitrogens with one attached hydrogen (secondary N) is 1. The molecular weight excluding hydrogens is 602 g/mol. The number of benzene rings is 2. The number of fused-ring (bicyclic) bond motifs is 3. The lowest BCUT2D eigenvalue weighted by Gasteiger charge is -2.26. The molecule has 7 rings (SSSR count). The van der Waals surface area contributed by atoms with Crippen LogP contribution in [-0.4, -0.2) is 62.9 Å². The number of halogens is 1. The van der Waals surface area contributed by atoms with E-state index in [2.05, 4.69) is 35.8 Å². The van der Waals surface area contributed by atoms with Crippen LogP contribution < -0.4 is 10.1 Å². The van der Waals surface area contributed by atoms with Crippen LogP contribution in [0.4, 0.5) is 5.82 Å². The fraction of sp³-hybridized carbons (Fsp3) is 0.355. The van der Waals surface area contributed by atoms with Crippen LogP contribution in [0.25, 0.3) is 11.0 Å². The normalized spacial score (nSPS) is 24.3. The zero-order valence-electron chi connectivity index (χ0n) is 23.4. The molecule has 1 saturated heterocycles. The van der Waals surface area contributed by atoms with Crippen LogP contribution in [0, 0.1) is 5.92 Å². The Labute approximate surface area is 251 Å². The Kier molecular flexibility index (Phi) is 6.56. The number of aromatic nitrogens is 3. The van der Waals surface area contributed by atoms with E-state index in [1.54, 1.807) is 37.7 Å². The smallest absolute Gasteiger partial charge is 0.261 e. The molecule has 2 amide bonds. The highest BCUT2D eigenvalue weighted by Crippen LogP contribution is 2.49. The summed E-state index contributed by atoms with van der Waals surface area (Å²) >= 11 is 3.75. The molecule has 4 atom stereocenters. The van der Waals surface area contributed by atoms with Crippen LogP contribution in [0.1, 0.15) is 52.6 Å². The van der Waals surface area contributed by atoms with E-state index in [-0.39, 0.29) is 42.5 Å². The summed E-state index contributed by atoms with van der Waals surface area (Å²) in [6.45, 7) is 4.63. The summed E-state index contributed by atoms with van der Waals surface area (Å²) in [5.74, 6) is 0.0817. The maximum atomic E-state index is 13.2. The molecule has 2 aromatic carbocycles. The van der Waals surface area contributed by atoms with Crippen LogP contribution >= 0.6 is 15.9 Å². The molecule has 11 heteroatoms. The van der Waals surface area contributed by atoms with Crippen molar-refractivity contribution in [1.82, 2.24) is 19.4 Å². The molecule has 1 N–H and O–H groups in total. The monoisotopic (exact) mass is 631 g/mol. The molecule has 1 aliphatic carbocycles. The van der Waals surface area contributed by atoms with Crippen molar-refractivity contribution in [2.75, 3.05) is 19.0 Å². The Hall–Kier alpha value is -3.80. The molecule has 4 aromatic rings. The first-order valence-electron chi connectivity index (χ1n) is 13.9. The van der Waals surface area contributed by atoms with Gasteiger partial charge in [0.1, 0.15) is 29.6 Å². The molecule has 3 aliphatic rings. The molecule has 0 spiro atoms. The number of carbonyl (C=O) groups excluding carboxylic acids is 2. The van der Waals surface area contributed by atoms with Gasteiger partial charge in [0.25, 0.3) is 11.8 Å². The third kappa shape index (κ3) is 4.47. The first-order chi connectivity index (χ1) is 20.2. The highest BCUT2D eigenvalue weighted by molar-refractivity contribution is 9.10. The van der Waals surface area contributed by atoms with Gasteiger partial charge in [-0.25, -0.2) is 9.97 Å². The van der Waals surface area contributed by atoms with Gasteiger partial charge >= 0.3 is 0 Å². The predicted molar refractivity (Wildman–Crippen MR) is 158 cm³/mol. The molecule has 216 valence electrons. The minimum absolute atomic E-state index is 0.116. The summed E-state index contributed by atoms with van der Waals surface area (Å²) in [5.41, 5.74) is 2.74. The van der Waals surface area contributed by atoms with Crippen molar-refractivity contribution >= 4 is 44.6 Å². The van der Waals surface area contributed by atoms with E-state index in [0.29, 0.717) is 29.9 Å². The second kappa shape index (κ2) is 10.2. The molecule has 2 aromatic heterocycles. The molecule has 2 aliphatic heterocycles. The molecule has 0 bridgehead atoms. The van der Waals surface area contributed by atoms with Crippen molar-refractivity contribution in [3.8, 4) is 5.75 Å². The third-order valence-corrected chi connectivity index (χ3v) is 8.99. The standard InChI is InChI=1S/C31H30BrN5O5/c1-31(2)41-25-18(14-37-29(38)20-6-4-5-7-21(20)30(37)39)12-23(26(25)42-31)36-15-22(32)24-27(34-16-35-28(24)36)33-13-17-8-10-19(40-3)11-9-17/h4-11,15-16,18,23,25-26H,12-14H2,1-3H3,(H,33,34,35)/t18-,23-,25-,26+/m1/s1. The molecule has 4 heterocycles. The van der Waals surface area contributed by atoms with Gasteiger partial charge in [-0.1, -0.05) is 24.3 Å². The second-order valence-corrected chi connectivity index (χ2v) is 12.3. The zero-order valence-corrected chi connectivity index (χ0v) is 25.0. The molecular formula is C31H30BrN5O5. The fourth-order valence-electron chi connectivity index (χ4n) is 6.50. The molecule has 42 heavy (non-hydrogen) atoms. The van der Waals surface area contributed by atoms with E-state index in [4.69, 9.17) is 14.2 Å². The SMILES string of the molecule is COc1ccc(CNc2ncnc3c2c(Br)cn3[C@@H]2C[C@H](CN3C(=O)c4ccccc4C3=O)[C@H]3OC(C)(C)O[C@H]32)cc1. The van der Waals surface area contributed by atoms with Gasteiger partial charge in [0.2, 0.25) is 0 Å². The number of imide groups is 1. The Morgan fingerprint density at radius 3 is 2.40 bits per heavy atom. The van der Waals surface area contributed by atoms with Crippen molar-refractivity contribution in [2.24, 2.45) is 5.92 Å². The minimum Gasteiger partial charge on any atom is -0.497 e. The highest BCUT2D eigenvalue weighted by atomic mass is 79.9. The largest absolute Gasteiger partial charge is 0.497 e. The summed E-state index contributed by atoms with van der Waals surface area (Å²) in [5, 5.41) is 4.31. The van der Waals surface area contributed by atoms with E-state index in [9.17, 15) is 9.59 Å². The maximum Gasteiger partial charge on any atom is 0.261 e.